The monoisotopic (exact) mass is 372 g/mol. The molecule has 3 atom stereocenters. The van der Waals surface area contributed by atoms with Crippen LogP contribution in [0.3, 0.4) is 0 Å². The SMILES string of the molecule is CN(CCc1ccccc1)CC1OCC(NC(=O)c2cccc(F)c2)C1O. The van der Waals surface area contributed by atoms with Crippen LogP contribution in [0.15, 0.2) is 54.6 Å². The van der Waals surface area contributed by atoms with E-state index in [1.807, 2.05) is 25.2 Å². The predicted molar refractivity (Wildman–Crippen MR) is 101 cm³/mol. The number of halogens is 1. The average molecular weight is 372 g/mol. The van der Waals surface area contributed by atoms with Crippen molar-refractivity contribution in [2.45, 2.75) is 24.7 Å². The van der Waals surface area contributed by atoms with E-state index in [1.54, 1.807) is 0 Å². The highest BCUT2D eigenvalue weighted by molar-refractivity contribution is 5.94. The Morgan fingerprint density at radius 3 is 2.78 bits per heavy atom. The second kappa shape index (κ2) is 9.08. The summed E-state index contributed by atoms with van der Waals surface area (Å²) in [4.78, 5) is 14.3. The fraction of sp³-hybridized carbons (Fsp3) is 0.381. The number of likely N-dealkylation sites (N-methyl/N-ethyl adjacent to an activating group) is 1. The fourth-order valence-corrected chi connectivity index (χ4v) is 3.22. The first kappa shape index (κ1) is 19.5. The summed E-state index contributed by atoms with van der Waals surface area (Å²) in [5, 5.41) is 13.2. The van der Waals surface area contributed by atoms with Gasteiger partial charge < -0.3 is 20.1 Å². The highest BCUT2D eigenvalue weighted by Gasteiger charge is 2.37. The normalized spacial score (nSPS) is 22.1. The van der Waals surface area contributed by atoms with Crippen LogP contribution in [-0.2, 0) is 11.2 Å². The van der Waals surface area contributed by atoms with E-state index in [9.17, 15) is 14.3 Å². The van der Waals surface area contributed by atoms with Crippen molar-refractivity contribution in [1.29, 1.82) is 0 Å². The van der Waals surface area contributed by atoms with Gasteiger partial charge in [0, 0.05) is 18.7 Å². The second-order valence-corrected chi connectivity index (χ2v) is 6.95. The minimum atomic E-state index is -0.804. The number of carbonyl (C=O) groups excluding carboxylic acids is 1. The molecule has 1 saturated heterocycles. The lowest BCUT2D eigenvalue weighted by Crippen LogP contribution is -2.46. The molecule has 6 heteroatoms. The third kappa shape index (κ3) is 5.35. The molecule has 27 heavy (non-hydrogen) atoms. The molecule has 5 nitrogen and oxygen atoms in total. The van der Waals surface area contributed by atoms with Gasteiger partial charge in [0.2, 0.25) is 0 Å². The van der Waals surface area contributed by atoms with Crippen LogP contribution in [0.5, 0.6) is 0 Å². The third-order valence-electron chi connectivity index (χ3n) is 4.80. The first-order valence-corrected chi connectivity index (χ1v) is 9.11. The fourth-order valence-electron chi connectivity index (χ4n) is 3.22. The summed E-state index contributed by atoms with van der Waals surface area (Å²) in [6.45, 7) is 1.65. The molecular weight excluding hydrogens is 347 g/mol. The van der Waals surface area contributed by atoms with Gasteiger partial charge in [-0.3, -0.25) is 4.79 Å². The largest absolute Gasteiger partial charge is 0.388 e. The van der Waals surface area contributed by atoms with Crippen LogP contribution in [-0.4, -0.2) is 60.9 Å². The number of aliphatic hydroxyl groups is 1. The van der Waals surface area contributed by atoms with Gasteiger partial charge in [-0.25, -0.2) is 4.39 Å². The Hall–Kier alpha value is -2.28. The summed E-state index contributed by atoms with van der Waals surface area (Å²) < 4.78 is 18.9. The Labute approximate surface area is 158 Å². The minimum Gasteiger partial charge on any atom is -0.388 e. The Balaban J connectivity index is 1.47. The lowest BCUT2D eigenvalue weighted by Gasteiger charge is -2.24. The van der Waals surface area contributed by atoms with E-state index in [1.165, 1.54) is 29.8 Å². The lowest BCUT2D eigenvalue weighted by atomic mass is 10.1. The topological polar surface area (TPSA) is 61.8 Å². The molecule has 0 bridgehead atoms. The van der Waals surface area contributed by atoms with Gasteiger partial charge in [0.15, 0.2) is 0 Å². The van der Waals surface area contributed by atoms with E-state index in [2.05, 4.69) is 22.3 Å². The van der Waals surface area contributed by atoms with Crippen LogP contribution < -0.4 is 5.32 Å². The van der Waals surface area contributed by atoms with E-state index < -0.39 is 23.9 Å². The molecule has 0 spiro atoms. The number of nitrogens with zero attached hydrogens (tertiary/aromatic N) is 1. The molecule has 0 aliphatic carbocycles. The summed E-state index contributed by atoms with van der Waals surface area (Å²) in [5.74, 6) is -0.885. The van der Waals surface area contributed by atoms with E-state index >= 15 is 0 Å². The maximum atomic E-state index is 13.3. The van der Waals surface area contributed by atoms with Gasteiger partial charge in [-0.15, -0.1) is 0 Å². The predicted octanol–water partition coefficient (Wildman–Crippen LogP) is 1.86. The zero-order valence-electron chi connectivity index (χ0n) is 15.3. The lowest BCUT2D eigenvalue weighted by molar-refractivity contribution is 0.0203. The Kier molecular flexibility index (Phi) is 6.55. The highest BCUT2D eigenvalue weighted by atomic mass is 19.1. The second-order valence-electron chi connectivity index (χ2n) is 6.95. The van der Waals surface area contributed by atoms with Crippen LogP contribution in [0.2, 0.25) is 0 Å². The molecule has 1 amide bonds. The molecule has 0 radical (unpaired) electrons. The van der Waals surface area contributed by atoms with Crippen molar-refractivity contribution in [2.24, 2.45) is 0 Å². The van der Waals surface area contributed by atoms with Gasteiger partial charge in [0.05, 0.1) is 18.8 Å². The summed E-state index contributed by atoms with van der Waals surface area (Å²) in [6.07, 6.45) is -0.259. The van der Waals surface area contributed by atoms with Crippen molar-refractivity contribution in [2.75, 3.05) is 26.7 Å². The molecular formula is C21H25FN2O3. The number of hydrogen-bond donors (Lipinski definition) is 2. The van der Waals surface area contributed by atoms with Gasteiger partial charge >= 0.3 is 0 Å². The number of aliphatic hydroxyl groups excluding tert-OH is 1. The van der Waals surface area contributed by atoms with Gasteiger partial charge in [-0.2, -0.15) is 0 Å². The standard InChI is InChI=1S/C21H25FN2O3/c1-24(11-10-15-6-3-2-4-7-15)13-19-20(25)18(14-27-19)23-21(26)16-8-5-9-17(22)12-16/h2-9,12,18-20,25H,10-11,13-14H2,1H3,(H,23,26). The molecule has 0 saturated carbocycles. The highest BCUT2D eigenvalue weighted by Crippen LogP contribution is 2.16. The molecule has 2 aromatic rings. The van der Waals surface area contributed by atoms with E-state index in [4.69, 9.17) is 4.74 Å². The first-order chi connectivity index (χ1) is 13.0. The van der Waals surface area contributed by atoms with Gasteiger partial charge in [0.25, 0.3) is 5.91 Å². The van der Waals surface area contributed by atoms with Crippen molar-refractivity contribution in [3.63, 3.8) is 0 Å². The molecule has 0 aromatic heterocycles. The molecule has 1 fully saturated rings. The van der Waals surface area contributed by atoms with E-state index in [-0.39, 0.29) is 18.3 Å². The summed E-state index contributed by atoms with van der Waals surface area (Å²) >= 11 is 0. The van der Waals surface area contributed by atoms with Crippen LogP contribution in [0, 0.1) is 5.82 Å². The summed E-state index contributed by atoms with van der Waals surface area (Å²) in [6, 6.07) is 15.2. The van der Waals surface area contributed by atoms with E-state index in [0.717, 1.165) is 13.0 Å². The van der Waals surface area contributed by atoms with Crippen LogP contribution in [0.4, 0.5) is 4.39 Å². The number of ether oxygens (including phenoxy) is 1. The molecule has 2 N–H and O–H groups in total. The number of nitrogens with one attached hydrogen (secondary N) is 1. The maximum absolute atomic E-state index is 13.3. The number of rotatable bonds is 7. The van der Waals surface area contributed by atoms with Gasteiger partial charge in [0.1, 0.15) is 11.9 Å². The van der Waals surface area contributed by atoms with Crippen molar-refractivity contribution in [3.05, 3.63) is 71.5 Å². The minimum absolute atomic E-state index is 0.227. The molecule has 1 aliphatic heterocycles. The smallest absolute Gasteiger partial charge is 0.251 e. The molecule has 2 aromatic carbocycles. The molecule has 1 heterocycles. The van der Waals surface area contributed by atoms with Crippen molar-refractivity contribution in [1.82, 2.24) is 10.2 Å². The molecule has 3 unspecified atom stereocenters. The van der Waals surface area contributed by atoms with Crippen LogP contribution in [0.1, 0.15) is 15.9 Å². The molecule has 3 rings (SSSR count). The molecule has 1 aliphatic rings. The Morgan fingerprint density at radius 2 is 2.04 bits per heavy atom. The van der Waals surface area contributed by atoms with Gasteiger partial charge in [-0.1, -0.05) is 36.4 Å². The number of benzene rings is 2. The Bertz CT molecular complexity index is 756. The number of amides is 1. The maximum Gasteiger partial charge on any atom is 0.251 e. The average Bonchev–Trinajstić information content (AvgIpc) is 3.00. The van der Waals surface area contributed by atoms with Crippen molar-refractivity contribution in [3.8, 4) is 0 Å². The first-order valence-electron chi connectivity index (χ1n) is 9.11. The zero-order chi connectivity index (χ0) is 19.2. The van der Waals surface area contributed by atoms with E-state index in [0.29, 0.717) is 6.54 Å². The number of hydrogen-bond acceptors (Lipinski definition) is 4. The van der Waals surface area contributed by atoms with Crippen molar-refractivity contribution >= 4 is 5.91 Å². The number of carbonyl (C=O) groups is 1. The summed E-state index contributed by atoms with van der Waals surface area (Å²) in [5.41, 5.74) is 1.49. The third-order valence-corrected chi connectivity index (χ3v) is 4.80. The quantitative estimate of drug-likeness (QED) is 0.779. The molecule has 144 valence electrons. The van der Waals surface area contributed by atoms with Crippen LogP contribution in [0.25, 0.3) is 0 Å². The van der Waals surface area contributed by atoms with Gasteiger partial charge in [-0.05, 0) is 37.2 Å². The van der Waals surface area contributed by atoms with Crippen LogP contribution >= 0.6 is 0 Å². The zero-order valence-corrected chi connectivity index (χ0v) is 15.3. The summed E-state index contributed by atoms with van der Waals surface area (Å²) in [7, 11) is 1.98. The van der Waals surface area contributed by atoms with Crippen molar-refractivity contribution < 1.29 is 19.0 Å². The Morgan fingerprint density at radius 1 is 1.26 bits per heavy atom.